The second-order valence-electron chi connectivity index (χ2n) is 6.49. The Hall–Kier alpha value is -0.850. The van der Waals surface area contributed by atoms with Crippen molar-refractivity contribution in [2.75, 3.05) is 26.2 Å². The summed E-state index contributed by atoms with van der Waals surface area (Å²) < 4.78 is 5.85. The molecule has 0 radical (unpaired) electrons. The van der Waals surface area contributed by atoms with Crippen LogP contribution >= 0.6 is 12.4 Å². The molecule has 2 aliphatic rings. The van der Waals surface area contributed by atoms with Gasteiger partial charge < -0.3 is 15.2 Å². The lowest BCUT2D eigenvalue weighted by molar-refractivity contribution is -0.142. The standard InChI is InChI=1S/C16H28N2O4.ClH/c1-12-5-2-3-7-14(12)22-10-8-17-15(19)11-18-9-4-6-13(18)16(20)21;/h12-14H,2-11H2,1H3,(H,17,19)(H,20,21);1H. The van der Waals surface area contributed by atoms with Crippen LogP contribution in [0.2, 0.25) is 0 Å². The molecule has 23 heavy (non-hydrogen) atoms. The quantitative estimate of drug-likeness (QED) is 0.684. The number of nitrogens with zero attached hydrogens (tertiary/aromatic N) is 1. The first-order valence-corrected chi connectivity index (χ1v) is 8.43. The van der Waals surface area contributed by atoms with Crippen LogP contribution in [-0.4, -0.2) is 60.3 Å². The Bertz CT molecular complexity index is 394. The Labute approximate surface area is 144 Å². The zero-order chi connectivity index (χ0) is 15.9. The van der Waals surface area contributed by atoms with Crippen molar-refractivity contribution < 1.29 is 19.4 Å². The molecule has 1 saturated heterocycles. The van der Waals surface area contributed by atoms with E-state index in [1.54, 1.807) is 4.90 Å². The molecule has 0 aromatic rings. The van der Waals surface area contributed by atoms with Crippen LogP contribution in [0.5, 0.6) is 0 Å². The highest BCUT2D eigenvalue weighted by Gasteiger charge is 2.31. The minimum atomic E-state index is -0.833. The Morgan fingerprint density at radius 2 is 1.96 bits per heavy atom. The average molecular weight is 349 g/mol. The van der Waals surface area contributed by atoms with Gasteiger partial charge in [-0.15, -0.1) is 12.4 Å². The van der Waals surface area contributed by atoms with Crippen LogP contribution in [-0.2, 0) is 14.3 Å². The number of likely N-dealkylation sites (tertiary alicyclic amines) is 1. The third-order valence-corrected chi connectivity index (χ3v) is 4.78. The summed E-state index contributed by atoms with van der Waals surface area (Å²) in [7, 11) is 0. The largest absolute Gasteiger partial charge is 0.480 e. The third-order valence-electron chi connectivity index (χ3n) is 4.78. The van der Waals surface area contributed by atoms with Crippen molar-refractivity contribution in [2.24, 2.45) is 5.92 Å². The summed E-state index contributed by atoms with van der Waals surface area (Å²) in [6, 6.07) is -0.509. The van der Waals surface area contributed by atoms with E-state index < -0.39 is 12.0 Å². The maximum Gasteiger partial charge on any atom is 0.320 e. The number of carbonyl (C=O) groups is 2. The number of carbonyl (C=O) groups excluding carboxylic acids is 1. The van der Waals surface area contributed by atoms with Crippen molar-refractivity contribution >= 4 is 24.3 Å². The van der Waals surface area contributed by atoms with Crippen LogP contribution < -0.4 is 5.32 Å². The number of ether oxygens (including phenoxy) is 1. The van der Waals surface area contributed by atoms with E-state index in [2.05, 4.69) is 12.2 Å². The second kappa shape index (κ2) is 10.1. The molecular formula is C16H29ClN2O4. The van der Waals surface area contributed by atoms with Crippen molar-refractivity contribution in [1.29, 1.82) is 0 Å². The lowest BCUT2D eigenvalue weighted by Gasteiger charge is -2.28. The van der Waals surface area contributed by atoms with Crippen LogP contribution in [0.3, 0.4) is 0 Å². The number of hydrogen-bond donors (Lipinski definition) is 2. The Balaban J connectivity index is 0.00000264. The van der Waals surface area contributed by atoms with E-state index in [0.717, 1.165) is 12.8 Å². The highest BCUT2D eigenvalue weighted by molar-refractivity contribution is 5.85. The minimum absolute atomic E-state index is 0. The first-order valence-electron chi connectivity index (χ1n) is 8.43. The van der Waals surface area contributed by atoms with Crippen molar-refractivity contribution in [3.8, 4) is 0 Å². The maximum absolute atomic E-state index is 11.9. The molecule has 134 valence electrons. The van der Waals surface area contributed by atoms with Gasteiger partial charge in [0, 0.05) is 6.54 Å². The molecule has 0 spiro atoms. The summed E-state index contributed by atoms with van der Waals surface area (Å²) in [5.74, 6) is -0.348. The fraction of sp³-hybridized carbons (Fsp3) is 0.875. The molecule has 1 aliphatic carbocycles. The summed E-state index contributed by atoms with van der Waals surface area (Å²) >= 11 is 0. The lowest BCUT2D eigenvalue weighted by Crippen LogP contribution is -2.43. The van der Waals surface area contributed by atoms with E-state index in [-0.39, 0.29) is 24.9 Å². The summed E-state index contributed by atoms with van der Waals surface area (Å²) in [5, 5.41) is 11.9. The predicted octanol–water partition coefficient (Wildman–Crippen LogP) is 1.67. The molecule has 0 bridgehead atoms. The molecule has 3 atom stereocenters. The van der Waals surface area contributed by atoms with Gasteiger partial charge in [0.15, 0.2) is 0 Å². The second-order valence-corrected chi connectivity index (χ2v) is 6.49. The number of hydrogen-bond acceptors (Lipinski definition) is 4. The van der Waals surface area contributed by atoms with Gasteiger partial charge in [0.25, 0.3) is 0 Å². The summed E-state index contributed by atoms with van der Waals surface area (Å²) in [6.45, 7) is 4.09. The van der Waals surface area contributed by atoms with Gasteiger partial charge >= 0.3 is 5.97 Å². The van der Waals surface area contributed by atoms with Gasteiger partial charge in [0.2, 0.25) is 5.91 Å². The molecular weight excluding hydrogens is 320 g/mol. The molecule has 3 unspecified atom stereocenters. The van der Waals surface area contributed by atoms with Gasteiger partial charge in [-0.1, -0.05) is 19.8 Å². The molecule has 2 fully saturated rings. The van der Waals surface area contributed by atoms with E-state index >= 15 is 0 Å². The number of rotatable bonds is 7. The number of halogens is 1. The number of nitrogens with one attached hydrogen (secondary N) is 1. The monoisotopic (exact) mass is 348 g/mol. The number of carboxylic acid groups (broad SMARTS) is 1. The van der Waals surface area contributed by atoms with Gasteiger partial charge in [0.1, 0.15) is 6.04 Å². The fourth-order valence-corrected chi connectivity index (χ4v) is 3.47. The van der Waals surface area contributed by atoms with Crippen molar-refractivity contribution in [3.63, 3.8) is 0 Å². The Morgan fingerprint density at radius 3 is 2.65 bits per heavy atom. The highest BCUT2D eigenvalue weighted by Crippen LogP contribution is 2.25. The van der Waals surface area contributed by atoms with Crippen molar-refractivity contribution in [3.05, 3.63) is 0 Å². The van der Waals surface area contributed by atoms with Crippen LogP contribution in [0, 0.1) is 5.92 Å². The van der Waals surface area contributed by atoms with Crippen molar-refractivity contribution in [1.82, 2.24) is 10.2 Å². The minimum Gasteiger partial charge on any atom is -0.480 e. The molecule has 0 aromatic heterocycles. The molecule has 1 aliphatic heterocycles. The number of amides is 1. The first-order chi connectivity index (χ1) is 10.6. The normalized spacial score (nSPS) is 28.1. The van der Waals surface area contributed by atoms with Crippen LogP contribution in [0.4, 0.5) is 0 Å². The molecule has 0 aromatic carbocycles. The summed E-state index contributed by atoms with van der Waals surface area (Å²) in [5.41, 5.74) is 0. The fourth-order valence-electron chi connectivity index (χ4n) is 3.47. The van der Waals surface area contributed by atoms with E-state index in [9.17, 15) is 9.59 Å². The first kappa shape index (κ1) is 20.2. The van der Waals surface area contributed by atoms with Gasteiger partial charge in [-0.05, 0) is 38.1 Å². The van der Waals surface area contributed by atoms with Crippen molar-refractivity contribution in [2.45, 2.75) is 57.6 Å². The SMILES string of the molecule is CC1CCCCC1OCCNC(=O)CN1CCCC1C(=O)O.Cl. The van der Waals surface area contributed by atoms with Gasteiger partial charge in [-0.3, -0.25) is 14.5 Å². The molecule has 2 rings (SSSR count). The smallest absolute Gasteiger partial charge is 0.320 e. The predicted molar refractivity (Wildman–Crippen MR) is 89.9 cm³/mol. The average Bonchev–Trinajstić information content (AvgIpc) is 2.93. The van der Waals surface area contributed by atoms with Gasteiger partial charge in [-0.2, -0.15) is 0 Å². The van der Waals surface area contributed by atoms with Crippen LogP contribution in [0.15, 0.2) is 0 Å². The summed E-state index contributed by atoms with van der Waals surface area (Å²) in [4.78, 5) is 24.7. The molecule has 7 heteroatoms. The van der Waals surface area contributed by atoms with E-state index in [1.165, 1.54) is 19.3 Å². The Kier molecular flexibility index (Phi) is 8.87. The van der Waals surface area contributed by atoms with Gasteiger partial charge in [0.05, 0.1) is 19.3 Å². The van der Waals surface area contributed by atoms with E-state index in [0.29, 0.717) is 38.1 Å². The van der Waals surface area contributed by atoms with Crippen LogP contribution in [0.25, 0.3) is 0 Å². The molecule has 1 heterocycles. The zero-order valence-electron chi connectivity index (χ0n) is 13.8. The summed E-state index contributed by atoms with van der Waals surface area (Å²) in [6.07, 6.45) is 6.65. The number of aliphatic carboxylic acids is 1. The Morgan fingerprint density at radius 1 is 1.22 bits per heavy atom. The topological polar surface area (TPSA) is 78.9 Å². The zero-order valence-corrected chi connectivity index (χ0v) is 14.6. The molecule has 6 nitrogen and oxygen atoms in total. The lowest BCUT2D eigenvalue weighted by atomic mass is 9.88. The number of carboxylic acids is 1. The molecule has 1 amide bonds. The highest BCUT2D eigenvalue weighted by atomic mass is 35.5. The third kappa shape index (κ3) is 6.28. The maximum atomic E-state index is 11.9. The van der Waals surface area contributed by atoms with Crippen LogP contribution in [0.1, 0.15) is 45.4 Å². The molecule has 1 saturated carbocycles. The van der Waals surface area contributed by atoms with E-state index in [4.69, 9.17) is 9.84 Å². The van der Waals surface area contributed by atoms with Gasteiger partial charge in [-0.25, -0.2) is 0 Å². The molecule has 2 N–H and O–H groups in total. The van der Waals surface area contributed by atoms with E-state index in [1.807, 2.05) is 0 Å².